The first-order chi connectivity index (χ1) is 9.11. The molecule has 0 aromatic heterocycles. The van der Waals surface area contributed by atoms with E-state index >= 15 is 0 Å². The molecule has 0 aliphatic carbocycles. The van der Waals surface area contributed by atoms with Crippen LogP contribution in [0.25, 0.3) is 0 Å². The van der Waals surface area contributed by atoms with Gasteiger partial charge in [-0.15, -0.1) is 0 Å². The van der Waals surface area contributed by atoms with Crippen LogP contribution in [0.1, 0.15) is 18.6 Å². The molecule has 0 bridgehead atoms. The Bertz CT molecular complexity index is 435. The second-order valence-corrected chi connectivity index (χ2v) is 4.61. The summed E-state index contributed by atoms with van der Waals surface area (Å²) in [7, 11) is 1.39. The number of methoxy groups -OCH3 is 1. The van der Waals surface area contributed by atoms with E-state index in [0.717, 1.165) is 5.56 Å². The van der Waals surface area contributed by atoms with Gasteiger partial charge in [-0.1, -0.05) is 12.1 Å². The van der Waals surface area contributed by atoms with Gasteiger partial charge in [0.05, 0.1) is 19.8 Å². The molecule has 104 valence electrons. The van der Waals surface area contributed by atoms with Gasteiger partial charge >= 0.3 is 5.97 Å². The lowest BCUT2D eigenvalue weighted by Crippen LogP contribution is -2.47. The molecular weight excluding hydrogens is 249 g/mol. The van der Waals surface area contributed by atoms with Gasteiger partial charge in [-0.2, -0.15) is 0 Å². The van der Waals surface area contributed by atoms with E-state index in [0.29, 0.717) is 19.7 Å². The van der Waals surface area contributed by atoms with E-state index in [2.05, 4.69) is 0 Å². The van der Waals surface area contributed by atoms with Crippen molar-refractivity contribution in [1.29, 1.82) is 0 Å². The number of ether oxygens (including phenoxy) is 2. The lowest BCUT2D eigenvalue weighted by molar-refractivity contribution is -0.149. The van der Waals surface area contributed by atoms with Crippen LogP contribution in [0.15, 0.2) is 24.3 Å². The number of hydrogen-bond acceptors (Lipinski definition) is 4. The average Bonchev–Trinajstić information content (AvgIpc) is 2.46. The van der Waals surface area contributed by atoms with Gasteiger partial charge in [0.15, 0.2) is 0 Å². The molecule has 1 aromatic rings. The Labute approximate surface area is 112 Å². The molecule has 2 atom stereocenters. The Kier molecular flexibility index (Phi) is 4.50. The molecule has 0 saturated carbocycles. The fraction of sp³-hybridized carbons (Fsp3) is 0.500. The summed E-state index contributed by atoms with van der Waals surface area (Å²) in [5.74, 6) is -0.515. The highest BCUT2D eigenvalue weighted by Crippen LogP contribution is 2.23. The number of rotatable bonds is 3. The monoisotopic (exact) mass is 267 g/mol. The number of morpholine rings is 1. The number of esters is 1. The van der Waals surface area contributed by atoms with Crippen molar-refractivity contribution < 1.29 is 18.7 Å². The predicted octanol–water partition coefficient (Wildman–Crippen LogP) is 1.76. The van der Waals surface area contributed by atoms with Crippen LogP contribution < -0.4 is 0 Å². The molecule has 4 nitrogen and oxygen atoms in total. The lowest BCUT2D eigenvalue weighted by atomic mass is 10.1. The third-order valence-corrected chi connectivity index (χ3v) is 3.43. The van der Waals surface area contributed by atoms with Gasteiger partial charge < -0.3 is 9.47 Å². The van der Waals surface area contributed by atoms with Crippen LogP contribution in [-0.4, -0.2) is 43.7 Å². The Morgan fingerprint density at radius 2 is 2.16 bits per heavy atom. The molecule has 0 N–H and O–H groups in total. The summed E-state index contributed by atoms with van der Waals surface area (Å²) in [6.45, 7) is 3.65. The molecule has 1 heterocycles. The van der Waals surface area contributed by atoms with Crippen molar-refractivity contribution in [1.82, 2.24) is 4.90 Å². The van der Waals surface area contributed by atoms with E-state index in [4.69, 9.17) is 9.47 Å². The Morgan fingerprint density at radius 3 is 2.79 bits per heavy atom. The van der Waals surface area contributed by atoms with E-state index in [-0.39, 0.29) is 23.9 Å². The summed E-state index contributed by atoms with van der Waals surface area (Å²) in [5, 5.41) is 0. The second kappa shape index (κ2) is 6.12. The van der Waals surface area contributed by atoms with Gasteiger partial charge in [0.1, 0.15) is 11.9 Å². The normalized spacial score (nSPS) is 21.9. The number of nitrogens with zero attached hydrogens (tertiary/aromatic N) is 1. The molecule has 1 aliphatic heterocycles. The minimum Gasteiger partial charge on any atom is -0.468 e. The molecule has 0 radical (unpaired) electrons. The maximum Gasteiger partial charge on any atom is 0.322 e. The van der Waals surface area contributed by atoms with E-state index in [1.807, 2.05) is 11.8 Å². The maximum absolute atomic E-state index is 12.9. The van der Waals surface area contributed by atoms with Gasteiger partial charge in [0.2, 0.25) is 0 Å². The molecule has 1 saturated heterocycles. The fourth-order valence-electron chi connectivity index (χ4n) is 2.22. The predicted molar refractivity (Wildman–Crippen MR) is 68.1 cm³/mol. The highest BCUT2D eigenvalue weighted by molar-refractivity contribution is 5.75. The Morgan fingerprint density at radius 1 is 1.47 bits per heavy atom. The summed E-state index contributed by atoms with van der Waals surface area (Å²) >= 11 is 0. The third kappa shape index (κ3) is 3.30. The van der Waals surface area contributed by atoms with E-state index in [1.54, 1.807) is 12.1 Å². The molecule has 2 rings (SSSR count). The highest BCUT2D eigenvalue weighted by Gasteiger charge is 2.29. The molecule has 1 aliphatic rings. The second-order valence-electron chi connectivity index (χ2n) is 4.61. The largest absolute Gasteiger partial charge is 0.468 e. The minimum absolute atomic E-state index is 0.138. The summed E-state index contributed by atoms with van der Waals surface area (Å²) < 4.78 is 23.3. The molecular formula is C14H18FNO3. The first-order valence-corrected chi connectivity index (χ1v) is 6.30. The SMILES string of the molecule is COC(=O)[C@H](C)N1CCO[C@H](c2ccc(F)cc2)C1. The van der Waals surface area contributed by atoms with Crippen LogP contribution in [0.2, 0.25) is 0 Å². The number of benzene rings is 1. The molecule has 0 amide bonds. The van der Waals surface area contributed by atoms with Crippen molar-refractivity contribution in [3.05, 3.63) is 35.6 Å². The lowest BCUT2D eigenvalue weighted by Gasteiger charge is -2.35. The molecule has 0 spiro atoms. The van der Waals surface area contributed by atoms with Crippen LogP contribution in [0.3, 0.4) is 0 Å². The van der Waals surface area contributed by atoms with Gasteiger partial charge in [-0.3, -0.25) is 9.69 Å². The van der Waals surface area contributed by atoms with Crippen molar-refractivity contribution in [2.24, 2.45) is 0 Å². The first kappa shape index (κ1) is 14.0. The molecule has 0 unspecified atom stereocenters. The van der Waals surface area contributed by atoms with Gasteiger partial charge in [0.25, 0.3) is 0 Å². The highest BCUT2D eigenvalue weighted by atomic mass is 19.1. The summed E-state index contributed by atoms with van der Waals surface area (Å²) in [6.07, 6.45) is -0.138. The molecule has 1 aromatic carbocycles. The number of carbonyl (C=O) groups is 1. The van der Waals surface area contributed by atoms with Crippen molar-refractivity contribution in [3.8, 4) is 0 Å². The zero-order valence-corrected chi connectivity index (χ0v) is 11.1. The van der Waals surface area contributed by atoms with Gasteiger partial charge in [-0.05, 0) is 24.6 Å². The molecule has 5 heteroatoms. The van der Waals surface area contributed by atoms with E-state index in [1.165, 1.54) is 19.2 Å². The van der Waals surface area contributed by atoms with Gasteiger partial charge in [-0.25, -0.2) is 4.39 Å². The van der Waals surface area contributed by atoms with E-state index in [9.17, 15) is 9.18 Å². The number of halogens is 1. The summed E-state index contributed by atoms with van der Waals surface area (Å²) in [5.41, 5.74) is 0.920. The van der Waals surface area contributed by atoms with Crippen LogP contribution in [0.5, 0.6) is 0 Å². The molecule has 19 heavy (non-hydrogen) atoms. The third-order valence-electron chi connectivity index (χ3n) is 3.43. The Balaban J connectivity index is 2.04. The smallest absolute Gasteiger partial charge is 0.322 e. The molecule has 1 fully saturated rings. The fourth-order valence-corrected chi connectivity index (χ4v) is 2.22. The van der Waals surface area contributed by atoms with Crippen molar-refractivity contribution in [2.45, 2.75) is 19.1 Å². The summed E-state index contributed by atoms with van der Waals surface area (Å²) in [4.78, 5) is 13.6. The zero-order chi connectivity index (χ0) is 13.8. The average molecular weight is 267 g/mol. The van der Waals surface area contributed by atoms with Crippen LogP contribution in [0, 0.1) is 5.82 Å². The Hall–Kier alpha value is -1.46. The first-order valence-electron chi connectivity index (χ1n) is 6.30. The van der Waals surface area contributed by atoms with Crippen LogP contribution in [-0.2, 0) is 14.3 Å². The van der Waals surface area contributed by atoms with Gasteiger partial charge in [0, 0.05) is 13.1 Å². The van der Waals surface area contributed by atoms with Crippen molar-refractivity contribution in [3.63, 3.8) is 0 Å². The van der Waals surface area contributed by atoms with Crippen LogP contribution >= 0.6 is 0 Å². The maximum atomic E-state index is 12.9. The standard InChI is InChI=1S/C14H18FNO3/c1-10(14(17)18-2)16-7-8-19-13(9-16)11-3-5-12(15)6-4-11/h3-6,10,13H,7-9H2,1-2H3/t10-,13-/m0/s1. The summed E-state index contributed by atoms with van der Waals surface area (Å²) in [6, 6.07) is 5.97. The topological polar surface area (TPSA) is 38.8 Å². The number of carbonyl (C=O) groups excluding carboxylic acids is 1. The zero-order valence-electron chi connectivity index (χ0n) is 11.1. The van der Waals surface area contributed by atoms with Crippen molar-refractivity contribution >= 4 is 5.97 Å². The minimum atomic E-state index is -0.295. The van der Waals surface area contributed by atoms with Crippen molar-refractivity contribution in [2.75, 3.05) is 26.8 Å². The number of hydrogen-bond donors (Lipinski definition) is 0. The quantitative estimate of drug-likeness (QED) is 0.782. The van der Waals surface area contributed by atoms with Crippen LogP contribution in [0.4, 0.5) is 4.39 Å². The van der Waals surface area contributed by atoms with E-state index < -0.39 is 0 Å².